The first kappa shape index (κ1) is 12.1. The second-order valence-electron chi connectivity index (χ2n) is 3.37. The number of hydrogen-bond donors (Lipinski definition) is 0. The SMILES string of the molecule is CCCCCc1ccccc1[Si](Cl)Cl. The summed E-state index contributed by atoms with van der Waals surface area (Å²) in [5, 5.41) is 1.16. The van der Waals surface area contributed by atoms with Gasteiger partial charge in [0.05, 0.1) is 0 Å². The van der Waals surface area contributed by atoms with Crippen LogP contribution < -0.4 is 5.19 Å². The normalized spacial score (nSPS) is 10.9. The summed E-state index contributed by atoms with van der Waals surface area (Å²) in [6, 6.07) is 8.26. The fraction of sp³-hybridized carbons (Fsp3) is 0.455. The van der Waals surface area contributed by atoms with Crippen LogP contribution in [0.5, 0.6) is 0 Å². The number of halogens is 2. The Balaban J connectivity index is 2.64. The van der Waals surface area contributed by atoms with E-state index in [4.69, 9.17) is 22.2 Å². The Kier molecular flexibility index (Phi) is 5.60. The van der Waals surface area contributed by atoms with E-state index in [1.54, 1.807) is 0 Å². The van der Waals surface area contributed by atoms with Crippen LogP contribution in [0.4, 0.5) is 0 Å². The Morgan fingerprint density at radius 1 is 1.14 bits per heavy atom. The van der Waals surface area contributed by atoms with E-state index in [1.807, 2.05) is 6.07 Å². The van der Waals surface area contributed by atoms with E-state index in [-0.39, 0.29) is 0 Å². The van der Waals surface area contributed by atoms with Gasteiger partial charge in [0.25, 0.3) is 0 Å². The van der Waals surface area contributed by atoms with Crippen molar-refractivity contribution in [2.24, 2.45) is 0 Å². The topological polar surface area (TPSA) is 0 Å². The molecule has 1 aromatic carbocycles. The first-order chi connectivity index (χ1) is 6.75. The Labute approximate surface area is 97.3 Å². The van der Waals surface area contributed by atoms with Crippen LogP contribution in [-0.4, -0.2) is 7.42 Å². The molecule has 0 heterocycles. The molecule has 0 N–H and O–H groups in total. The van der Waals surface area contributed by atoms with E-state index in [2.05, 4.69) is 25.1 Å². The second kappa shape index (κ2) is 6.49. The molecule has 3 heteroatoms. The molecule has 0 bridgehead atoms. The lowest BCUT2D eigenvalue weighted by molar-refractivity contribution is 0.719. The van der Waals surface area contributed by atoms with Gasteiger partial charge in [-0.3, -0.25) is 0 Å². The molecule has 0 nitrogen and oxygen atoms in total. The molecule has 0 aromatic heterocycles. The fourth-order valence-corrected chi connectivity index (χ4v) is 3.27. The molecule has 0 saturated carbocycles. The van der Waals surface area contributed by atoms with Gasteiger partial charge in [-0.2, -0.15) is 0 Å². The maximum atomic E-state index is 5.99. The number of hydrogen-bond acceptors (Lipinski definition) is 0. The summed E-state index contributed by atoms with van der Waals surface area (Å²) in [7, 11) is -1.33. The first-order valence-corrected chi connectivity index (χ1v) is 8.54. The predicted molar refractivity (Wildman–Crippen MR) is 66.8 cm³/mol. The van der Waals surface area contributed by atoms with Crippen molar-refractivity contribution >= 4 is 34.8 Å². The van der Waals surface area contributed by atoms with Crippen molar-refractivity contribution in [3.63, 3.8) is 0 Å². The van der Waals surface area contributed by atoms with Crippen LogP contribution >= 0.6 is 22.2 Å². The summed E-state index contributed by atoms with van der Waals surface area (Å²) in [6.07, 6.45) is 4.87. The average molecular weight is 246 g/mol. The zero-order valence-corrected chi connectivity index (χ0v) is 10.9. The van der Waals surface area contributed by atoms with Gasteiger partial charge in [-0.25, -0.2) is 0 Å². The molecule has 14 heavy (non-hydrogen) atoms. The van der Waals surface area contributed by atoms with E-state index < -0.39 is 7.42 Å². The van der Waals surface area contributed by atoms with Crippen LogP contribution in [-0.2, 0) is 6.42 Å². The average Bonchev–Trinajstić information content (AvgIpc) is 2.19. The molecule has 0 aliphatic rings. The molecule has 0 aliphatic heterocycles. The summed E-state index contributed by atoms with van der Waals surface area (Å²) in [5.74, 6) is 0. The number of unbranched alkanes of at least 4 members (excludes halogenated alkanes) is 2. The maximum Gasteiger partial charge on any atom is 0.307 e. The van der Waals surface area contributed by atoms with Crippen molar-refractivity contribution in [1.82, 2.24) is 0 Å². The molecule has 0 spiro atoms. The third kappa shape index (κ3) is 3.64. The quantitative estimate of drug-likeness (QED) is 0.423. The summed E-state index contributed by atoms with van der Waals surface area (Å²) in [4.78, 5) is 0. The number of rotatable bonds is 5. The Morgan fingerprint density at radius 2 is 1.86 bits per heavy atom. The van der Waals surface area contributed by atoms with Crippen molar-refractivity contribution in [3.8, 4) is 0 Å². The third-order valence-electron chi connectivity index (χ3n) is 2.27. The molecule has 0 atom stereocenters. The number of benzene rings is 1. The lowest BCUT2D eigenvalue weighted by Crippen LogP contribution is -2.22. The van der Waals surface area contributed by atoms with Gasteiger partial charge in [-0.05, 0) is 23.6 Å². The zero-order valence-electron chi connectivity index (χ0n) is 8.39. The highest BCUT2D eigenvalue weighted by atomic mass is 35.7. The van der Waals surface area contributed by atoms with Crippen LogP contribution in [0.2, 0.25) is 0 Å². The van der Waals surface area contributed by atoms with Gasteiger partial charge in [0.1, 0.15) is 0 Å². The van der Waals surface area contributed by atoms with Crippen molar-refractivity contribution in [3.05, 3.63) is 29.8 Å². The van der Waals surface area contributed by atoms with Crippen LogP contribution in [0.15, 0.2) is 24.3 Å². The van der Waals surface area contributed by atoms with Crippen molar-refractivity contribution < 1.29 is 0 Å². The Bertz CT molecular complexity index is 274. The summed E-state index contributed by atoms with van der Waals surface area (Å²) < 4.78 is 0. The standard InChI is InChI=1S/C11H15Cl2Si/c1-2-3-4-7-10-8-5-6-9-11(10)14(12)13/h5-6,8-9H,2-4,7H2,1H3. The van der Waals surface area contributed by atoms with Gasteiger partial charge >= 0.3 is 7.42 Å². The van der Waals surface area contributed by atoms with Gasteiger partial charge in [0, 0.05) is 0 Å². The largest absolute Gasteiger partial charge is 0.307 e. The third-order valence-corrected chi connectivity index (χ3v) is 4.39. The second-order valence-corrected chi connectivity index (χ2v) is 7.28. The molecule has 1 aromatic rings. The Morgan fingerprint density at radius 3 is 2.50 bits per heavy atom. The minimum absolute atomic E-state index is 1.11. The zero-order chi connectivity index (χ0) is 10.4. The molecule has 0 fully saturated rings. The predicted octanol–water partition coefficient (Wildman–Crippen LogP) is 3.59. The molecule has 77 valence electrons. The molecule has 1 radical (unpaired) electrons. The van der Waals surface area contributed by atoms with Gasteiger partial charge in [0.2, 0.25) is 0 Å². The van der Waals surface area contributed by atoms with Crippen LogP contribution in [0.1, 0.15) is 31.7 Å². The summed E-state index contributed by atoms with van der Waals surface area (Å²) in [6.45, 7) is 2.21. The Hall–Kier alpha value is 0.0169. The van der Waals surface area contributed by atoms with E-state index in [1.165, 1.54) is 24.8 Å². The van der Waals surface area contributed by atoms with Gasteiger partial charge in [-0.1, -0.05) is 44.0 Å². The van der Waals surface area contributed by atoms with E-state index in [9.17, 15) is 0 Å². The molecular weight excluding hydrogens is 231 g/mol. The fourth-order valence-electron chi connectivity index (χ4n) is 1.49. The van der Waals surface area contributed by atoms with Gasteiger partial charge < -0.3 is 0 Å². The minimum atomic E-state index is -1.33. The van der Waals surface area contributed by atoms with E-state index >= 15 is 0 Å². The van der Waals surface area contributed by atoms with Crippen LogP contribution in [0.25, 0.3) is 0 Å². The van der Waals surface area contributed by atoms with Crippen molar-refractivity contribution in [2.75, 3.05) is 0 Å². The summed E-state index contributed by atoms with van der Waals surface area (Å²) >= 11 is 12.0. The monoisotopic (exact) mass is 245 g/mol. The highest BCUT2D eigenvalue weighted by Crippen LogP contribution is 2.08. The smallest absolute Gasteiger partial charge is 0.140 e. The molecule has 0 aliphatic carbocycles. The van der Waals surface area contributed by atoms with E-state index in [0.717, 1.165) is 11.6 Å². The molecule has 0 unspecified atom stereocenters. The maximum absolute atomic E-state index is 5.99. The molecule has 0 amide bonds. The van der Waals surface area contributed by atoms with Crippen LogP contribution in [0, 0.1) is 0 Å². The highest BCUT2D eigenvalue weighted by Gasteiger charge is 2.11. The van der Waals surface area contributed by atoms with Gasteiger partial charge in [0.15, 0.2) is 0 Å². The summed E-state index contributed by atoms with van der Waals surface area (Å²) in [5.41, 5.74) is 1.33. The minimum Gasteiger partial charge on any atom is -0.140 e. The molecule has 1 rings (SSSR count). The molecule has 0 saturated heterocycles. The molecular formula is C11H15Cl2Si. The van der Waals surface area contributed by atoms with Crippen LogP contribution in [0.3, 0.4) is 0 Å². The lowest BCUT2D eigenvalue weighted by atomic mass is 10.1. The number of aryl methyl sites for hydroxylation is 1. The lowest BCUT2D eigenvalue weighted by Gasteiger charge is -2.07. The van der Waals surface area contributed by atoms with Crippen molar-refractivity contribution in [2.45, 2.75) is 32.6 Å². The first-order valence-electron chi connectivity index (χ1n) is 5.02. The van der Waals surface area contributed by atoms with E-state index in [0.29, 0.717) is 0 Å². The van der Waals surface area contributed by atoms with Gasteiger partial charge in [-0.15, -0.1) is 22.2 Å². The highest BCUT2D eigenvalue weighted by molar-refractivity contribution is 7.39. The van der Waals surface area contributed by atoms with Crippen molar-refractivity contribution in [1.29, 1.82) is 0 Å².